The van der Waals surface area contributed by atoms with Crippen LogP contribution in [-0.2, 0) is 4.79 Å². The molecule has 0 fully saturated rings. The molecule has 1 nitrogen and oxygen atoms in total. The van der Waals surface area contributed by atoms with Crippen molar-refractivity contribution in [2.45, 2.75) is 13.3 Å². The molecule has 0 aliphatic carbocycles. The topological polar surface area (TPSA) is 17.1 Å². The molecular formula is C11H10FO. The first kappa shape index (κ1) is 9.65. The maximum absolute atomic E-state index is 12.8. The molecule has 1 aromatic carbocycles. The van der Waals surface area contributed by atoms with Gasteiger partial charge in [0.1, 0.15) is 5.82 Å². The highest BCUT2D eigenvalue weighted by atomic mass is 19.1. The van der Waals surface area contributed by atoms with Crippen LogP contribution in [0.15, 0.2) is 24.3 Å². The summed E-state index contributed by atoms with van der Waals surface area (Å²) in [6, 6.07) is 4.82. The molecule has 1 rings (SSSR count). The van der Waals surface area contributed by atoms with Crippen LogP contribution in [-0.4, -0.2) is 6.29 Å². The second-order valence-corrected chi connectivity index (χ2v) is 2.76. The monoisotopic (exact) mass is 177 g/mol. The first-order valence-electron chi connectivity index (χ1n) is 4.01. The maximum atomic E-state index is 12.8. The number of aryl methyl sites for hydroxylation is 1. The minimum atomic E-state index is -0.209. The first-order valence-corrected chi connectivity index (χ1v) is 4.01. The molecule has 0 aliphatic heterocycles. The molecule has 0 bridgehead atoms. The van der Waals surface area contributed by atoms with Crippen LogP contribution >= 0.6 is 0 Å². The summed E-state index contributed by atoms with van der Waals surface area (Å²) in [5.41, 5.74) is 1.51. The number of rotatable bonds is 3. The van der Waals surface area contributed by atoms with Gasteiger partial charge >= 0.3 is 0 Å². The lowest BCUT2D eigenvalue weighted by molar-refractivity contribution is 0.556. The molecule has 13 heavy (non-hydrogen) atoms. The Morgan fingerprint density at radius 1 is 1.54 bits per heavy atom. The fourth-order valence-corrected chi connectivity index (χ4v) is 1.01. The highest BCUT2D eigenvalue weighted by Crippen LogP contribution is 2.10. The summed E-state index contributed by atoms with van der Waals surface area (Å²) in [5.74, 6) is -0.209. The Bertz CT molecular complexity index is 329. The Morgan fingerprint density at radius 3 is 2.92 bits per heavy atom. The zero-order chi connectivity index (χ0) is 9.68. The molecule has 0 spiro atoms. The summed E-state index contributed by atoms with van der Waals surface area (Å²) in [5, 5.41) is 0. The summed E-state index contributed by atoms with van der Waals surface area (Å²) in [4.78, 5) is 9.88. The fraction of sp³-hybridized carbons (Fsp3) is 0.182. The van der Waals surface area contributed by atoms with Crippen LogP contribution in [0, 0.1) is 12.7 Å². The van der Waals surface area contributed by atoms with Gasteiger partial charge in [-0.25, -0.2) is 4.39 Å². The molecular weight excluding hydrogens is 167 g/mol. The van der Waals surface area contributed by atoms with Crippen molar-refractivity contribution in [1.82, 2.24) is 0 Å². The zero-order valence-electron chi connectivity index (χ0n) is 7.38. The molecule has 0 unspecified atom stereocenters. The van der Waals surface area contributed by atoms with Crippen molar-refractivity contribution < 1.29 is 9.18 Å². The van der Waals surface area contributed by atoms with E-state index < -0.39 is 0 Å². The molecule has 2 heteroatoms. The first-order chi connectivity index (χ1) is 6.24. The van der Waals surface area contributed by atoms with E-state index in [0.717, 1.165) is 5.56 Å². The maximum Gasteiger partial charge on any atom is 0.202 e. The van der Waals surface area contributed by atoms with Crippen molar-refractivity contribution in [2.24, 2.45) is 0 Å². The number of carbonyl (C=O) groups excluding carboxylic acids is 1. The van der Waals surface area contributed by atoms with Crippen molar-refractivity contribution in [2.75, 3.05) is 0 Å². The quantitative estimate of drug-likeness (QED) is 0.693. The van der Waals surface area contributed by atoms with E-state index in [1.54, 1.807) is 37.5 Å². The molecule has 0 saturated carbocycles. The van der Waals surface area contributed by atoms with Crippen molar-refractivity contribution >= 4 is 12.4 Å². The average molecular weight is 177 g/mol. The van der Waals surface area contributed by atoms with Crippen molar-refractivity contribution in [3.63, 3.8) is 0 Å². The van der Waals surface area contributed by atoms with Crippen LogP contribution in [0.1, 0.15) is 17.5 Å². The summed E-state index contributed by atoms with van der Waals surface area (Å²) in [6.45, 7) is 1.71. The number of allylic oxidation sites excluding steroid dienone is 1. The number of hydrogen-bond acceptors (Lipinski definition) is 1. The number of hydrogen-bond donors (Lipinski definition) is 0. The summed E-state index contributed by atoms with van der Waals surface area (Å²) >= 11 is 0. The molecule has 0 aromatic heterocycles. The van der Waals surface area contributed by atoms with Gasteiger partial charge in [-0.05, 0) is 30.2 Å². The van der Waals surface area contributed by atoms with Crippen LogP contribution in [0.3, 0.4) is 0 Å². The van der Waals surface area contributed by atoms with E-state index in [2.05, 4.69) is 0 Å². The molecule has 0 amide bonds. The molecule has 0 heterocycles. The molecule has 1 radical (unpaired) electrons. The van der Waals surface area contributed by atoms with Crippen LogP contribution in [0.4, 0.5) is 4.39 Å². The van der Waals surface area contributed by atoms with E-state index in [4.69, 9.17) is 0 Å². The Kier molecular flexibility index (Phi) is 3.38. The van der Waals surface area contributed by atoms with E-state index in [9.17, 15) is 9.18 Å². The average Bonchev–Trinajstić information content (AvgIpc) is 2.12. The lowest BCUT2D eigenvalue weighted by Crippen LogP contribution is -1.82. The summed E-state index contributed by atoms with van der Waals surface area (Å²) in [7, 11) is 0. The van der Waals surface area contributed by atoms with Gasteiger partial charge in [-0.1, -0.05) is 18.2 Å². The standard InChI is InChI=1S/C11H10FO/c1-9-8-10(4-2-3-7-13)5-6-11(9)12/h2,4-6,8H,3H2,1H3. The molecule has 67 valence electrons. The number of halogens is 1. The van der Waals surface area contributed by atoms with Gasteiger partial charge in [-0.3, -0.25) is 4.79 Å². The van der Waals surface area contributed by atoms with Crippen LogP contribution in [0.25, 0.3) is 6.08 Å². The zero-order valence-corrected chi connectivity index (χ0v) is 7.38. The van der Waals surface area contributed by atoms with Gasteiger partial charge in [-0.15, -0.1) is 0 Å². The molecule has 0 aliphatic rings. The molecule has 1 aromatic rings. The Labute approximate surface area is 76.9 Å². The minimum Gasteiger partial charge on any atom is -0.291 e. The van der Waals surface area contributed by atoms with Gasteiger partial charge in [0.05, 0.1) is 0 Å². The van der Waals surface area contributed by atoms with Crippen molar-refractivity contribution in [1.29, 1.82) is 0 Å². The minimum absolute atomic E-state index is 0.209. The van der Waals surface area contributed by atoms with Gasteiger partial charge in [0.25, 0.3) is 0 Å². The second-order valence-electron chi connectivity index (χ2n) is 2.76. The van der Waals surface area contributed by atoms with Gasteiger partial charge in [0.15, 0.2) is 0 Å². The van der Waals surface area contributed by atoms with Crippen LogP contribution in [0.2, 0.25) is 0 Å². The second kappa shape index (κ2) is 4.55. The lowest BCUT2D eigenvalue weighted by Gasteiger charge is -1.97. The van der Waals surface area contributed by atoms with Gasteiger partial charge in [0.2, 0.25) is 6.29 Å². The van der Waals surface area contributed by atoms with Crippen LogP contribution in [0.5, 0.6) is 0 Å². The Balaban J connectivity index is 2.79. The normalized spacial score (nSPS) is 10.6. The van der Waals surface area contributed by atoms with Gasteiger partial charge < -0.3 is 0 Å². The third-order valence-corrected chi connectivity index (χ3v) is 1.69. The molecule has 0 atom stereocenters. The third kappa shape index (κ3) is 2.82. The predicted octanol–water partition coefficient (Wildman–Crippen LogP) is 2.65. The fourth-order valence-electron chi connectivity index (χ4n) is 1.01. The van der Waals surface area contributed by atoms with Gasteiger partial charge in [0, 0.05) is 6.42 Å². The molecule has 0 N–H and O–H groups in total. The third-order valence-electron chi connectivity index (χ3n) is 1.69. The summed E-state index contributed by atoms with van der Waals surface area (Å²) in [6.07, 6.45) is 5.50. The lowest BCUT2D eigenvalue weighted by atomic mass is 10.1. The Hall–Kier alpha value is -1.44. The predicted molar refractivity (Wildman–Crippen MR) is 50.5 cm³/mol. The van der Waals surface area contributed by atoms with E-state index in [1.165, 1.54) is 6.07 Å². The van der Waals surface area contributed by atoms with Gasteiger partial charge in [-0.2, -0.15) is 0 Å². The van der Waals surface area contributed by atoms with E-state index in [-0.39, 0.29) is 12.2 Å². The summed E-state index contributed by atoms with van der Waals surface area (Å²) < 4.78 is 12.8. The smallest absolute Gasteiger partial charge is 0.202 e. The highest BCUT2D eigenvalue weighted by Gasteiger charge is 1.95. The van der Waals surface area contributed by atoms with Crippen LogP contribution < -0.4 is 0 Å². The SMILES string of the molecule is Cc1cc(C=CC[C]=O)ccc1F. The van der Waals surface area contributed by atoms with Crippen molar-refractivity contribution in [3.8, 4) is 0 Å². The number of benzene rings is 1. The van der Waals surface area contributed by atoms with E-state index in [0.29, 0.717) is 5.56 Å². The van der Waals surface area contributed by atoms with E-state index in [1.807, 2.05) is 0 Å². The molecule has 0 saturated heterocycles. The highest BCUT2D eigenvalue weighted by molar-refractivity contribution is 5.58. The Morgan fingerprint density at radius 2 is 2.31 bits per heavy atom. The van der Waals surface area contributed by atoms with E-state index >= 15 is 0 Å². The van der Waals surface area contributed by atoms with Crippen molar-refractivity contribution in [3.05, 3.63) is 41.2 Å². The largest absolute Gasteiger partial charge is 0.291 e.